The number of hydrogen-bond donors (Lipinski definition) is 0. The molecule has 0 N–H and O–H groups in total. The molecule has 0 aromatic heterocycles. The third-order valence-electron chi connectivity index (χ3n) is 0.886. The van der Waals surface area contributed by atoms with Crippen LogP contribution in [0.2, 0.25) is 10.6 Å². The summed E-state index contributed by atoms with van der Waals surface area (Å²) in [5, 5.41) is 2.47. The molecule has 8 heavy (non-hydrogen) atoms. The molecule has 0 nitrogen and oxygen atoms in total. The number of rotatable bonds is 2. The van der Waals surface area contributed by atoms with Gasteiger partial charge in [0, 0.05) is 0 Å². The highest BCUT2D eigenvalue weighted by molar-refractivity contribution is 7.06. The molecule has 0 unspecified atom stereocenters. The fraction of sp³-hybridized carbons (Fsp3) is 1.00. The van der Waals surface area contributed by atoms with Crippen molar-refractivity contribution in [3.05, 3.63) is 0 Å². The Balaban J connectivity index is 0. The Labute approximate surface area is 72.8 Å². The average molecular weight is 185 g/mol. The first-order valence-electron chi connectivity index (χ1n) is 2.83. The number of halogens is 2. The molecule has 0 aromatic rings. The minimum atomic E-state index is -0.688. The fourth-order valence-electron chi connectivity index (χ4n) is 0.289. The van der Waals surface area contributed by atoms with Gasteiger partial charge in [-0.05, 0) is 0 Å². The molecule has 0 rings (SSSR count). The van der Waals surface area contributed by atoms with Gasteiger partial charge in [0.05, 0.1) is 0 Å². The van der Waals surface area contributed by atoms with Crippen molar-refractivity contribution in [3.63, 3.8) is 0 Å². The van der Waals surface area contributed by atoms with E-state index in [-0.39, 0.29) is 0 Å². The summed E-state index contributed by atoms with van der Waals surface area (Å²) in [4.78, 5) is 0. The fourth-order valence-corrected chi connectivity index (χ4v) is 0.866. The van der Waals surface area contributed by atoms with Gasteiger partial charge in [0.1, 0.15) is 0 Å². The first-order chi connectivity index (χ1) is 3.81. The summed E-state index contributed by atoms with van der Waals surface area (Å²) in [6, 6.07) is 0. The van der Waals surface area contributed by atoms with E-state index in [2.05, 4.69) is 13.8 Å². The second-order valence-corrected chi connectivity index (χ2v) is 6.09. The van der Waals surface area contributed by atoms with Gasteiger partial charge in [-0.3, -0.25) is 20.1 Å². The van der Waals surface area contributed by atoms with Crippen molar-refractivity contribution in [2.24, 2.45) is 0 Å². The normalized spacial score (nSPS) is 7.00. The maximum Gasteiger partial charge on any atom is 0.399 e. The van der Waals surface area contributed by atoms with Gasteiger partial charge in [-0.15, -0.1) is 0 Å². The molecule has 4 heteroatoms. The van der Waals surface area contributed by atoms with Gasteiger partial charge in [0.2, 0.25) is 0 Å². The van der Waals surface area contributed by atoms with Crippen molar-refractivity contribution in [1.82, 2.24) is 0 Å². The van der Waals surface area contributed by atoms with Crippen LogP contribution in [0, 0.1) is 0 Å². The van der Waals surface area contributed by atoms with Crippen molar-refractivity contribution in [2.75, 3.05) is 0 Å². The van der Waals surface area contributed by atoms with Crippen LogP contribution in [0.3, 0.4) is 0 Å². The zero-order valence-electron chi connectivity index (χ0n) is 5.75. The van der Waals surface area contributed by atoms with E-state index in [0.29, 0.717) is 0 Å². The highest BCUT2D eigenvalue weighted by atomic mass is 35.6. The standard InChI is InChI=1S/2C2H5.2Al.2ClH.2H/c2*1-2;;;;;;/h2*1H2,2H3;;;2*1H;;/q;;2*+1;;;;/p-2. The lowest BCUT2D eigenvalue weighted by molar-refractivity contribution is 1.35. The smallest absolute Gasteiger partial charge is 0.273 e. The van der Waals surface area contributed by atoms with E-state index in [1.165, 1.54) is 10.6 Å². The monoisotopic (exact) mass is 184 g/mol. The van der Waals surface area contributed by atoms with Crippen LogP contribution in [-0.2, 0) is 0 Å². The summed E-state index contributed by atoms with van der Waals surface area (Å²) >= 11 is 0.0895. The molecule has 0 aliphatic heterocycles. The average Bonchev–Trinajstić information content (AvgIpc) is 1.91. The molecule has 0 amide bonds. The Morgan fingerprint density at radius 1 is 1.25 bits per heavy atom. The van der Waals surface area contributed by atoms with Gasteiger partial charge >= 0.3 is 28.6 Å². The Morgan fingerprint density at radius 2 is 1.50 bits per heavy atom. The van der Waals surface area contributed by atoms with Gasteiger partial charge in [-0.25, -0.2) is 0 Å². The van der Waals surface area contributed by atoms with Gasteiger partial charge in [-0.2, -0.15) is 0 Å². The quantitative estimate of drug-likeness (QED) is 0.577. The van der Waals surface area contributed by atoms with E-state index < -0.39 is 13.2 Å². The SMILES string of the molecule is C[CH2][Al]([Cl])[CH2]C.[AlH2][Cl]. The number of hydrogen-bond acceptors (Lipinski definition) is 0. The van der Waals surface area contributed by atoms with Crippen molar-refractivity contribution in [3.8, 4) is 0 Å². The van der Waals surface area contributed by atoms with Crippen LogP contribution in [0.1, 0.15) is 13.8 Å². The summed E-state index contributed by atoms with van der Waals surface area (Å²) in [6.07, 6.45) is 0. The maximum absolute atomic E-state index is 5.79. The molecule has 48 valence electrons. The van der Waals surface area contributed by atoms with Gasteiger partial charge in [0.25, 0.3) is 0 Å². The molecule has 0 fully saturated rings. The van der Waals surface area contributed by atoms with E-state index in [1.807, 2.05) is 0 Å². The van der Waals surface area contributed by atoms with Crippen LogP contribution in [0.25, 0.3) is 0 Å². The Hall–Kier alpha value is 1.64. The van der Waals surface area contributed by atoms with Crippen molar-refractivity contribution in [2.45, 2.75) is 24.4 Å². The minimum Gasteiger partial charge on any atom is -0.273 e. The van der Waals surface area contributed by atoms with E-state index in [9.17, 15) is 0 Å². The lowest BCUT2D eigenvalue weighted by Gasteiger charge is -1.86. The van der Waals surface area contributed by atoms with Gasteiger partial charge in [-0.1, -0.05) is 24.4 Å². The zero-order chi connectivity index (χ0) is 6.99. The van der Waals surface area contributed by atoms with Crippen LogP contribution in [0.4, 0.5) is 0 Å². The Bertz CT molecular complexity index is 31.2. The van der Waals surface area contributed by atoms with Crippen molar-refractivity contribution >= 4 is 48.7 Å². The molecule has 0 saturated carbocycles. The van der Waals surface area contributed by atoms with Gasteiger partial charge in [0.15, 0.2) is 0 Å². The zero-order valence-corrected chi connectivity index (χ0v) is 10.4. The second kappa shape index (κ2) is 11.4. The van der Waals surface area contributed by atoms with Crippen LogP contribution in [0.15, 0.2) is 0 Å². The third kappa shape index (κ3) is 10.6. The molecule has 0 radical (unpaired) electrons. The summed E-state index contributed by atoms with van der Waals surface area (Å²) in [5.74, 6) is 0. The van der Waals surface area contributed by atoms with E-state index in [4.69, 9.17) is 20.1 Å². The largest absolute Gasteiger partial charge is 0.399 e. The lowest BCUT2D eigenvalue weighted by atomic mass is 10.9. The topological polar surface area (TPSA) is 0 Å². The first-order valence-corrected chi connectivity index (χ1v) is 9.23. The van der Waals surface area contributed by atoms with E-state index in [1.54, 1.807) is 0 Å². The molecule has 0 heterocycles. The molecular weight excluding hydrogens is 173 g/mol. The summed E-state index contributed by atoms with van der Waals surface area (Å²) in [5.41, 5.74) is 0. The highest BCUT2D eigenvalue weighted by Crippen LogP contribution is 2.00. The molecule has 0 aliphatic carbocycles. The van der Waals surface area contributed by atoms with E-state index in [0.717, 1.165) is 15.4 Å². The molecule has 0 aromatic carbocycles. The molecular formula is C4H12Al2Cl2. The Kier molecular flexibility index (Phi) is 17.6. The predicted molar refractivity (Wildman–Crippen MR) is 47.0 cm³/mol. The summed E-state index contributed by atoms with van der Waals surface area (Å²) in [6.45, 7) is 4.32. The van der Waals surface area contributed by atoms with Crippen molar-refractivity contribution < 1.29 is 0 Å². The molecule has 0 spiro atoms. The third-order valence-corrected chi connectivity index (χ3v) is 4.51. The molecule has 0 saturated heterocycles. The first kappa shape index (κ1) is 12.3. The molecule has 0 atom stereocenters. The summed E-state index contributed by atoms with van der Waals surface area (Å²) < 4.78 is 0. The van der Waals surface area contributed by atoms with E-state index >= 15 is 0 Å². The van der Waals surface area contributed by atoms with Crippen LogP contribution in [0.5, 0.6) is 0 Å². The van der Waals surface area contributed by atoms with Crippen LogP contribution in [-0.4, -0.2) is 28.6 Å². The van der Waals surface area contributed by atoms with Crippen LogP contribution >= 0.6 is 20.1 Å². The maximum atomic E-state index is 5.79. The predicted octanol–water partition coefficient (Wildman–Crippen LogP) is 2.03. The van der Waals surface area contributed by atoms with Crippen molar-refractivity contribution in [1.29, 1.82) is 0 Å². The lowest BCUT2D eigenvalue weighted by Crippen LogP contribution is -1.95. The van der Waals surface area contributed by atoms with Crippen LogP contribution < -0.4 is 0 Å². The van der Waals surface area contributed by atoms with Gasteiger partial charge < -0.3 is 0 Å². The minimum absolute atomic E-state index is 0.688. The molecule has 0 bridgehead atoms. The summed E-state index contributed by atoms with van der Waals surface area (Å²) in [7, 11) is 10.6. The molecule has 0 aliphatic rings. The second-order valence-electron chi connectivity index (χ2n) is 1.41. The highest BCUT2D eigenvalue weighted by Gasteiger charge is 2.04. The Morgan fingerprint density at radius 3 is 1.50 bits per heavy atom.